The molecule has 1 heterocycles. The zero-order valence-corrected chi connectivity index (χ0v) is 9.95. The van der Waals surface area contributed by atoms with Crippen molar-refractivity contribution in [3.8, 4) is 0 Å². The van der Waals surface area contributed by atoms with Gasteiger partial charge in [-0.05, 0) is 19.9 Å². The predicted octanol–water partition coefficient (Wildman–Crippen LogP) is -0.404. The van der Waals surface area contributed by atoms with Crippen molar-refractivity contribution in [3.63, 3.8) is 0 Å². The van der Waals surface area contributed by atoms with Gasteiger partial charge in [0.05, 0.1) is 12.7 Å². The van der Waals surface area contributed by atoms with Crippen LogP contribution in [-0.4, -0.2) is 61.9 Å². The fourth-order valence-corrected chi connectivity index (χ4v) is 1.70. The maximum atomic E-state index is 11.4. The summed E-state index contributed by atoms with van der Waals surface area (Å²) >= 11 is 0. The highest BCUT2D eigenvalue weighted by Gasteiger charge is 2.17. The number of unbranched alkanes of at least 4 members (excludes halogenated alkanes) is 1. The van der Waals surface area contributed by atoms with Crippen molar-refractivity contribution in [2.45, 2.75) is 25.4 Å². The van der Waals surface area contributed by atoms with Crippen molar-refractivity contribution in [1.29, 1.82) is 0 Å². The first-order valence-corrected chi connectivity index (χ1v) is 5.90. The Bertz CT molecular complexity index is 211. The van der Waals surface area contributed by atoms with E-state index >= 15 is 0 Å². The van der Waals surface area contributed by atoms with Crippen LogP contribution in [0, 0.1) is 0 Å². The Morgan fingerprint density at radius 2 is 2.38 bits per heavy atom. The number of carbonyl (C=O) groups excluding carboxylic acids is 1. The van der Waals surface area contributed by atoms with Gasteiger partial charge in [-0.1, -0.05) is 0 Å². The second-order valence-corrected chi connectivity index (χ2v) is 4.24. The van der Waals surface area contributed by atoms with Crippen LogP contribution in [0.4, 0.5) is 0 Å². The van der Waals surface area contributed by atoms with Crippen LogP contribution in [0.1, 0.15) is 19.3 Å². The van der Waals surface area contributed by atoms with Crippen molar-refractivity contribution in [2.75, 3.05) is 39.9 Å². The molecule has 1 fully saturated rings. The zero-order chi connectivity index (χ0) is 11.8. The predicted molar refractivity (Wildman–Crippen MR) is 61.2 cm³/mol. The molecule has 0 saturated carbocycles. The van der Waals surface area contributed by atoms with Crippen molar-refractivity contribution >= 4 is 5.91 Å². The first-order valence-electron chi connectivity index (χ1n) is 5.90. The largest absolute Gasteiger partial charge is 0.396 e. The number of morpholine rings is 1. The van der Waals surface area contributed by atoms with Crippen LogP contribution < -0.4 is 5.32 Å². The Hall–Kier alpha value is -0.650. The number of hydrogen-bond acceptors (Lipinski definition) is 4. The fourth-order valence-electron chi connectivity index (χ4n) is 1.70. The number of aliphatic hydroxyl groups is 1. The lowest BCUT2D eigenvalue weighted by atomic mass is 10.2. The van der Waals surface area contributed by atoms with Gasteiger partial charge < -0.3 is 20.1 Å². The minimum absolute atomic E-state index is 0.0466. The summed E-state index contributed by atoms with van der Waals surface area (Å²) in [5.41, 5.74) is 0. The SMILES string of the molecule is CN1CCOC(CNC(=O)CCCCO)C1. The molecule has 1 rings (SSSR count). The molecule has 0 bridgehead atoms. The van der Waals surface area contributed by atoms with E-state index in [1.54, 1.807) is 0 Å². The molecule has 0 spiro atoms. The number of hydrogen-bond donors (Lipinski definition) is 2. The highest BCUT2D eigenvalue weighted by molar-refractivity contribution is 5.75. The third kappa shape index (κ3) is 5.44. The van der Waals surface area contributed by atoms with E-state index in [1.165, 1.54) is 0 Å². The Morgan fingerprint density at radius 1 is 1.56 bits per heavy atom. The first-order chi connectivity index (χ1) is 7.72. The van der Waals surface area contributed by atoms with Crippen molar-refractivity contribution in [1.82, 2.24) is 10.2 Å². The Labute approximate surface area is 96.8 Å². The van der Waals surface area contributed by atoms with Gasteiger partial charge in [-0.3, -0.25) is 4.79 Å². The summed E-state index contributed by atoms with van der Waals surface area (Å²) in [6, 6.07) is 0. The summed E-state index contributed by atoms with van der Waals surface area (Å²) in [6.45, 7) is 3.31. The molecule has 2 N–H and O–H groups in total. The average molecular weight is 230 g/mol. The number of nitrogens with zero attached hydrogens (tertiary/aromatic N) is 1. The molecule has 0 aromatic rings. The maximum Gasteiger partial charge on any atom is 0.220 e. The second-order valence-electron chi connectivity index (χ2n) is 4.24. The summed E-state index contributed by atoms with van der Waals surface area (Å²) in [5.74, 6) is 0.0466. The highest BCUT2D eigenvalue weighted by atomic mass is 16.5. The molecule has 94 valence electrons. The first kappa shape index (κ1) is 13.4. The number of aliphatic hydroxyl groups excluding tert-OH is 1. The molecule has 5 heteroatoms. The summed E-state index contributed by atoms with van der Waals surface area (Å²) in [6.07, 6.45) is 2.04. The van der Waals surface area contributed by atoms with Crippen LogP contribution in [0.2, 0.25) is 0 Å². The van der Waals surface area contributed by atoms with Crippen LogP contribution in [-0.2, 0) is 9.53 Å². The Kier molecular flexibility index (Phi) is 6.37. The molecule has 1 aliphatic heterocycles. The minimum atomic E-state index is 0.0466. The van der Waals surface area contributed by atoms with Gasteiger partial charge in [-0.15, -0.1) is 0 Å². The van der Waals surface area contributed by atoms with Gasteiger partial charge in [0.1, 0.15) is 0 Å². The van der Waals surface area contributed by atoms with Crippen LogP contribution >= 0.6 is 0 Å². The molecule has 1 unspecified atom stereocenters. The molecule has 1 saturated heterocycles. The molecule has 5 nitrogen and oxygen atoms in total. The smallest absolute Gasteiger partial charge is 0.220 e. The van der Waals surface area contributed by atoms with E-state index in [1.807, 2.05) is 0 Å². The van der Waals surface area contributed by atoms with Gasteiger partial charge in [0, 0.05) is 32.7 Å². The van der Waals surface area contributed by atoms with E-state index in [2.05, 4.69) is 17.3 Å². The lowest BCUT2D eigenvalue weighted by Gasteiger charge is -2.30. The third-order valence-corrected chi connectivity index (χ3v) is 2.68. The van der Waals surface area contributed by atoms with Gasteiger partial charge in [0.25, 0.3) is 0 Å². The number of amides is 1. The van der Waals surface area contributed by atoms with E-state index in [0.29, 0.717) is 19.4 Å². The quantitative estimate of drug-likeness (QED) is 0.609. The molecular weight excluding hydrogens is 208 g/mol. The molecule has 1 atom stereocenters. The van der Waals surface area contributed by atoms with E-state index in [9.17, 15) is 4.79 Å². The minimum Gasteiger partial charge on any atom is -0.396 e. The van der Waals surface area contributed by atoms with E-state index < -0.39 is 0 Å². The summed E-state index contributed by atoms with van der Waals surface area (Å²) in [5, 5.41) is 11.4. The van der Waals surface area contributed by atoms with E-state index in [-0.39, 0.29) is 18.6 Å². The number of rotatable bonds is 6. The van der Waals surface area contributed by atoms with Crippen LogP contribution in [0.25, 0.3) is 0 Å². The van der Waals surface area contributed by atoms with Crippen molar-refractivity contribution < 1.29 is 14.6 Å². The number of nitrogens with one attached hydrogen (secondary N) is 1. The third-order valence-electron chi connectivity index (χ3n) is 2.68. The number of likely N-dealkylation sites (N-methyl/N-ethyl adjacent to an activating group) is 1. The van der Waals surface area contributed by atoms with Crippen molar-refractivity contribution in [2.24, 2.45) is 0 Å². The second kappa shape index (κ2) is 7.60. The Balaban J connectivity index is 2.06. The lowest BCUT2D eigenvalue weighted by molar-refractivity contribution is -0.122. The van der Waals surface area contributed by atoms with Crippen molar-refractivity contribution in [3.05, 3.63) is 0 Å². The summed E-state index contributed by atoms with van der Waals surface area (Å²) in [7, 11) is 2.05. The molecule has 16 heavy (non-hydrogen) atoms. The van der Waals surface area contributed by atoms with Gasteiger partial charge in [-0.25, -0.2) is 0 Å². The van der Waals surface area contributed by atoms with Gasteiger partial charge in [0.2, 0.25) is 5.91 Å². The summed E-state index contributed by atoms with van der Waals surface area (Å²) in [4.78, 5) is 13.6. The van der Waals surface area contributed by atoms with Crippen LogP contribution in [0.15, 0.2) is 0 Å². The number of carbonyl (C=O) groups is 1. The Morgan fingerprint density at radius 3 is 3.06 bits per heavy atom. The molecule has 0 aromatic heterocycles. The monoisotopic (exact) mass is 230 g/mol. The molecule has 1 amide bonds. The van der Waals surface area contributed by atoms with Gasteiger partial charge >= 0.3 is 0 Å². The topological polar surface area (TPSA) is 61.8 Å². The average Bonchev–Trinajstić information content (AvgIpc) is 2.27. The fraction of sp³-hybridized carbons (Fsp3) is 0.909. The molecule has 0 aliphatic carbocycles. The molecule has 0 radical (unpaired) electrons. The van der Waals surface area contributed by atoms with E-state index in [0.717, 1.165) is 26.1 Å². The van der Waals surface area contributed by atoms with Crippen LogP contribution in [0.3, 0.4) is 0 Å². The van der Waals surface area contributed by atoms with Gasteiger partial charge in [-0.2, -0.15) is 0 Å². The van der Waals surface area contributed by atoms with Crippen LogP contribution in [0.5, 0.6) is 0 Å². The molecule has 1 aliphatic rings. The molecule has 0 aromatic carbocycles. The normalized spacial score (nSPS) is 22.0. The standard InChI is InChI=1S/C11H22N2O3/c1-13-5-7-16-10(9-13)8-12-11(15)4-2-3-6-14/h10,14H,2-9H2,1H3,(H,12,15). The molecular formula is C11H22N2O3. The van der Waals surface area contributed by atoms with E-state index in [4.69, 9.17) is 9.84 Å². The van der Waals surface area contributed by atoms with Gasteiger partial charge in [0.15, 0.2) is 0 Å². The number of ether oxygens (including phenoxy) is 1. The summed E-state index contributed by atoms with van der Waals surface area (Å²) < 4.78 is 5.53. The maximum absolute atomic E-state index is 11.4. The lowest BCUT2D eigenvalue weighted by Crippen LogP contribution is -2.45. The highest BCUT2D eigenvalue weighted by Crippen LogP contribution is 2.02. The zero-order valence-electron chi connectivity index (χ0n) is 9.95.